The molecule has 0 aliphatic carbocycles. The standard InChI is InChI=1S/C18H20N4O/c1-18(2,3)10-17(23)21-13-8-9-16(19-11-13)22-12-20-14-6-4-5-7-15(14)22/h4-9,11-12H,10H2,1-3H3,(H,21,23). The van der Waals surface area contributed by atoms with E-state index in [4.69, 9.17) is 0 Å². The third-order valence-electron chi connectivity index (χ3n) is 3.42. The number of nitrogens with zero attached hydrogens (tertiary/aromatic N) is 3. The van der Waals surface area contributed by atoms with E-state index in [0.29, 0.717) is 12.1 Å². The van der Waals surface area contributed by atoms with Crippen molar-refractivity contribution in [2.24, 2.45) is 5.41 Å². The van der Waals surface area contributed by atoms with Gasteiger partial charge in [-0.05, 0) is 29.7 Å². The molecule has 0 aliphatic heterocycles. The molecule has 5 heteroatoms. The van der Waals surface area contributed by atoms with Gasteiger partial charge in [-0.25, -0.2) is 9.97 Å². The average molecular weight is 308 g/mol. The number of hydrogen-bond acceptors (Lipinski definition) is 3. The Balaban J connectivity index is 1.78. The number of anilines is 1. The molecule has 1 aromatic carbocycles. The highest BCUT2D eigenvalue weighted by Crippen LogP contribution is 2.20. The summed E-state index contributed by atoms with van der Waals surface area (Å²) in [5, 5.41) is 2.88. The van der Waals surface area contributed by atoms with E-state index in [2.05, 4.69) is 15.3 Å². The summed E-state index contributed by atoms with van der Waals surface area (Å²) in [5.74, 6) is 0.771. The molecular formula is C18H20N4O. The summed E-state index contributed by atoms with van der Waals surface area (Å²) in [5.41, 5.74) is 2.60. The molecule has 3 aromatic rings. The lowest BCUT2D eigenvalue weighted by Crippen LogP contribution is -2.19. The second-order valence-corrected chi connectivity index (χ2v) is 6.79. The highest BCUT2D eigenvalue weighted by molar-refractivity contribution is 5.91. The molecule has 0 aliphatic rings. The monoisotopic (exact) mass is 308 g/mol. The summed E-state index contributed by atoms with van der Waals surface area (Å²) in [6, 6.07) is 11.6. The van der Waals surface area contributed by atoms with E-state index in [-0.39, 0.29) is 11.3 Å². The van der Waals surface area contributed by atoms with E-state index in [1.807, 2.05) is 61.7 Å². The Kier molecular flexibility index (Phi) is 3.86. The van der Waals surface area contributed by atoms with Gasteiger partial charge in [0.15, 0.2) is 0 Å². The molecule has 118 valence electrons. The van der Waals surface area contributed by atoms with E-state index in [1.165, 1.54) is 0 Å². The van der Waals surface area contributed by atoms with Crippen molar-refractivity contribution in [3.05, 3.63) is 48.9 Å². The minimum atomic E-state index is -0.0345. The van der Waals surface area contributed by atoms with Crippen molar-refractivity contribution in [3.63, 3.8) is 0 Å². The second kappa shape index (κ2) is 5.83. The van der Waals surface area contributed by atoms with Crippen LogP contribution in [0, 0.1) is 5.41 Å². The Morgan fingerprint density at radius 3 is 2.61 bits per heavy atom. The van der Waals surface area contributed by atoms with Gasteiger partial charge in [0.2, 0.25) is 5.91 Å². The Hall–Kier alpha value is -2.69. The maximum Gasteiger partial charge on any atom is 0.224 e. The fourth-order valence-electron chi connectivity index (χ4n) is 2.43. The molecule has 0 bridgehead atoms. The molecule has 1 amide bonds. The number of amides is 1. The molecule has 0 unspecified atom stereocenters. The van der Waals surface area contributed by atoms with Crippen LogP contribution >= 0.6 is 0 Å². The first-order chi connectivity index (χ1) is 10.9. The molecule has 1 N–H and O–H groups in total. The SMILES string of the molecule is CC(C)(C)CC(=O)Nc1ccc(-n2cnc3ccccc32)nc1. The lowest BCUT2D eigenvalue weighted by Gasteiger charge is -2.17. The van der Waals surface area contributed by atoms with Crippen LogP contribution in [0.15, 0.2) is 48.9 Å². The number of hydrogen-bond donors (Lipinski definition) is 1. The molecule has 0 fully saturated rings. The normalized spacial score (nSPS) is 11.6. The van der Waals surface area contributed by atoms with Crippen molar-refractivity contribution >= 4 is 22.6 Å². The van der Waals surface area contributed by atoms with Gasteiger partial charge in [-0.15, -0.1) is 0 Å². The maximum atomic E-state index is 12.0. The van der Waals surface area contributed by atoms with Crippen molar-refractivity contribution in [3.8, 4) is 5.82 Å². The first kappa shape index (κ1) is 15.2. The third kappa shape index (κ3) is 3.56. The number of carbonyl (C=O) groups excluding carboxylic acids is 1. The number of benzene rings is 1. The first-order valence-corrected chi connectivity index (χ1v) is 7.61. The molecule has 2 heterocycles. The van der Waals surface area contributed by atoms with Crippen LogP contribution in [0.5, 0.6) is 0 Å². The Bertz CT molecular complexity index is 828. The summed E-state index contributed by atoms with van der Waals surface area (Å²) in [7, 11) is 0. The minimum absolute atomic E-state index is 0.000121. The molecule has 2 aromatic heterocycles. The molecule has 0 atom stereocenters. The lowest BCUT2D eigenvalue weighted by molar-refractivity contribution is -0.117. The Morgan fingerprint density at radius 1 is 1.13 bits per heavy atom. The predicted octanol–water partition coefficient (Wildman–Crippen LogP) is 3.80. The average Bonchev–Trinajstić information content (AvgIpc) is 2.90. The van der Waals surface area contributed by atoms with E-state index in [9.17, 15) is 4.79 Å². The zero-order valence-corrected chi connectivity index (χ0v) is 13.6. The van der Waals surface area contributed by atoms with Crippen molar-refractivity contribution in [1.82, 2.24) is 14.5 Å². The van der Waals surface area contributed by atoms with Gasteiger partial charge in [0.25, 0.3) is 0 Å². The maximum absolute atomic E-state index is 12.0. The smallest absolute Gasteiger partial charge is 0.224 e. The number of carbonyl (C=O) groups is 1. The first-order valence-electron chi connectivity index (χ1n) is 7.61. The Morgan fingerprint density at radius 2 is 1.91 bits per heavy atom. The summed E-state index contributed by atoms with van der Waals surface area (Å²) >= 11 is 0. The van der Waals surface area contributed by atoms with E-state index in [1.54, 1.807) is 12.5 Å². The number of imidazole rings is 1. The van der Waals surface area contributed by atoms with Gasteiger partial charge in [-0.3, -0.25) is 9.36 Å². The zero-order chi connectivity index (χ0) is 16.4. The lowest BCUT2D eigenvalue weighted by atomic mass is 9.92. The zero-order valence-electron chi connectivity index (χ0n) is 13.6. The van der Waals surface area contributed by atoms with Crippen LogP contribution in [0.25, 0.3) is 16.9 Å². The van der Waals surface area contributed by atoms with Crippen LogP contribution in [0.3, 0.4) is 0 Å². The number of para-hydroxylation sites is 2. The molecule has 5 nitrogen and oxygen atoms in total. The van der Waals surface area contributed by atoms with Crippen LogP contribution in [-0.4, -0.2) is 20.4 Å². The van der Waals surface area contributed by atoms with Crippen LogP contribution in [-0.2, 0) is 4.79 Å². The molecule has 23 heavy (non-hydrogen) atoms. The van der Waals surface area contributed by atoms with Crippen molar-refractivity contribution in [2.75, 3.05) is 5.32 Å². The van der Waals surface area contributed by atoms with Gasteiger partial charge in [0.05, 0.1) is 22.9 Å². The van der Waals surface area contributed by atoms with Crippen molar-refractivity contribution < 1.29 is 4.79 Å². The highest BCUT2D eigenvalue weighted by atomic mass is 16.1. The van der Waals surface area contributed by atoms with Crippen molar-refractivity contribution in [2.45, 2.75) is 27.2 Å². The van der Waals surface area contributed by atoms with Crippen LogP contribution in [0.2, 0.25) is 0 Å². The molecule has 0 saturated heterocycles. The van der Waals surface area contributed by atoms with Gasteiger partial charge in [0, 0.05) is 6.42 Å². The number of aromatic nitrogens is 3. The van der Waals surface area contributed by atoms with Gasteiger partial charge < -0.3 is 5.32 Å². The summed E-state index contributed by atoms with van der Waals surface area (Å²) in [6.07, 6.45) is 3.90. The topological polar surface area (TPSA) is 59.8 Å². The number of nitrogens with one attached hydrogen (secondary N) is 1. The van der Waals surface area contributed by atoms with Gasteiger partial charge in [-0.1, -0.05) is 32.9 Å². The quantitative estimate of drug-likeness (QED) is 0.800. The molecule has 3 rings (SSSR count). The van der Waals surface area contributed by atoms with Crippen molar-refractivity contribution in [1.29, 1.82) is 0 Å². The van der Waals surface area contributed by atoms with Crippen LogP contribution in [0.1, 0.15) is 27.2 Å². The minimum Gasteiger partial charge on any atom is -0.325 e. The summed E-state index contributed by atoms with van der Waals surface area (Å²) in [6.45, 7) is 6.12. The Labute approximate surface area is 135 Å². The van der Waals surface area contributed by atoms with Gasteiger partial charge in [-0.2, -0.15) is 0 Å². The van der Waals surface area contributed by atoms with E-state index < -0.39 is 0 Å². The fraction of sp³-hybridized carbons (Fsp3) is 0.278. The molecular weight excluding hydrogens is 288 g/mol. The second-order valence-electron chi connectivity index (χ2n) is 6.79. The summed E-state index contributed by atoms with van der Waals surface area (Å²) < 4.78 is 1.93. The van der Waals surface area contributed by atoms with E-state index >= 15 is 0 Å². The molecule has 0 radical (unpaired) electrons. The fourth-order valence-corrected chi connectivity index (χ4v) is 2.43. The number of fused-ring (bicyclic) bond motifs is 1. The van der Waals surface area contributed by atoms with Crippen LogP contribution in [0.4, 0.5) is 5.69 Å². The number of pyridine rings is 1. The highest BCUT2D eigenvalue weighted by Gasteiger charge is 2.16. The molecule has 0 saturated carbocycles. The molecule has 0 spiro atoms. The van der Waals surface area contributed by atoms with Gasteiger partial charge in [0.1, 0.15) is 12.1 Å². The number of rotatable bonds is 3. The third-order valence-corrected chi connectivity index (χ3v) is 3.42. The van der Waals surface area contributed by atoms with E-state index in [0.717, 1.165) is 16.9 Å². The van der Waals surface area contributed by atoms with Gasteiger partial charge >= 0.3 is 0 Å². The summed E-state index contributed by atoms with van der Waals surface area (Å²) in [4.78, 5) is 20.8. The van der Waals surface area contributed by atoms with Crippen LogP contribution < -0.4 is 5.32 Å². The largest absolute Gasteiger partial charge is 0.325 e. The predicted molar refractivity (Wildman–Crippen MR) is 91.6 cm³/mol.